The molecule has 3 atom stereocenters. The summed E-state index contributed by atoms with van der Waals surface area (Å²) in [6.45, 7) is 4.66. The van der Waals surface area contributed by atoms with Crippen LogP contribution in [0.5, 0.6) is 0 Å². The van der Waals surface area contributed by atoms with Crippen LogP contribution in [0.2, 0.25) is 0 Å². The minimum Gasteiger partial charge on any atom is -0.383 e. The van der Waals surface area contributed by atoms with Crippen molar-refractivity contribution in [1.82, 2.24) is 5.32 Å². The molecule has 1 amide bonds. The van der Waals surface area contributed by atoms with Crippen LogP contribution in [0.15, 0.2) is 41.4 Å². The van der Waals surface area contributed by atoms with E-state index in [-0.39, 0.29) is 6.04 Å². The summed E-state index contributed by atoms with van der Waals surface area (Å²) in [5.41, 5.74) is 12.7. The van der Waals surface area contributed by atoms with Gasteiger partial charge in [0.1, 0.15) is 17.4 Å². The smallest absolute Gasteiger partial charge is 0.231 e. The Kier molecular flexibility index (Phi) is 6.17. The number of carbonyl (C=O) groups excluding carboxylic acids is 1. The summed E-state index contributed by atoms with van der Waals surface area (Å²) < 4.78 is 5.01. The second-order valence-corrected chi connectivity index (χ2v) is 6.51. The largest absolute Gasteiger partial charge is 0.383 e. The number of carbonyl (C=O) groups is 1. The zero-order chi connectivity index (χ0) is 18.4. The second-order valence-electron chi connectivity index (χ2n) is 6.51. The van der Waals surface area contributed by atoms with Crippen molar-refractivity contribution >= 4 is 17.4 Å². The number of anilines is 1. The quantitative estimate of drug-likeness (QED) is 0.582. The normalized spacial score (nSPS) is 25.4. The third-order valence-electron chi connectivity index (χ3n) is 4.22. The van der Waals surface area contributed by atoms with Crippen molar-refractivity contribution in [2.24, 2.45) is 21.9 Å². The molecular weight excluding hydrogens is 318 g/mol. The molecule has 0 saturated heterocycles. The molecule has 7 nitrogen and oxygen atoms in total. The number of aryl methyl sites for hydroxylation is 1. The van der Waals surface area contributed by atoms with E-state index < -0.39 is 17.5 Å². The Morgan fingerprint density at radius 3 is 2.92 bits per heavy atom. The van der Waals surface area contributed by atoms with Crippen LogP contribution in [0.3, 0.4) is 0 Å². The molecule has 1 aliphatic heterocycles. The minimum atomic E-state index is -0.891. The van der Waals surface area contributed by atoms with Gasteiger partial charge in [-0.3, -0.25) is 9.79 Å². The predicted molar refractivity (Wildman–Crippen MR) is 100 cm³/mol. The van der Waals surface area contributed by atoms with E-state index in [0.717, 1.165) is 11.3 Å². The van der Waals surface area contributed by atoms with Gasteiger partial charge in [0.25, 0.3) is 0 Å². The Bertz CT molecular complexity index is 673. The molecule has 0 radical (unpaired) electrons. The molecule has 0 spiro atoms. The summed E-state index contributed by atoms with van der Waals surface area (Å²) in [6.07, 6.45) is 3.12. The highest BCUT2D eigenvalue weighted by Crippen LogP contribution is 2.27. The van der Waals surface area contributed by atoms with E-state index in [4.69, 9.17) is 16.2 Å². The molecule has 0 fully saturated rings. The molecule has 2 rings (SSSR count). The van der Waals surface area contributed by atoms with Gasteiger partial charge in [0.05, 0.1) is 13.2 Å². The highest BCUT2D eigenvalue weighted by atomic mass is 16.5. The number of amidine groups is 1. The number of ether oxygens (including phenoxy) is 1. The van der Waals surface area contributed by atoms with Crippen molar-refractivity contribution in [2.75, 3.05) is 25.6 Å². The molecule has 6 N–H and O–H groups in total. The van der Waals surface area contributed by atoms with Crippen molar-refractivity contribution in [3.8, 4) is 0 Å². The van der Waals surface area contributed by atoms with Crippen LogP contribution in [-0.2, 0) is 9.53 Å². The van der Waals surface area contributed by atoms with Gasteiger partial charge in [-0.05, 0) is 37.6 Å². The summed E-state index contributed by atoms with van der Waals surface area (Å²) >= 11 is 0. The van der Waals surface area contributed by atoms with Gasteiger partial charge in [-0.2, -0.15) is 0 Å². The van der Waals surface area contributed by atoms with Crippen molar-refractivity contribution < 1.29 is 9.53 Å². The third kappa shape index (κ3) is 4.80. The number of amides is 1. The molecule has 0 aliphatic carbocycles. The number of nitrogens with zero attached hydrogens (tertiary/aromatic N) is 1. The van der Waals surface area contributed by atoms with Crippen LogP contribution in [0, 0.1) is 12.3 Å². The van der Waals surface area contributed by atoms with E-state index >= 15 is 0 Å². The van der Waals surface area contributed by atoms with E-state index in [1.165, 1.54) is 0 Å². The fraction of sp³-hybridized carbons (Fsp3) is 0.444. The Hall–Kier alpha value is -2.38. The number of nitrogens with two attached hydrogens (primary N) is 2. The lowest BCUT2D eigenvalue weighted by Crippen LogP contribution is -2.58. The van der Waals surface area contributed by atoms with Crippen LogP contribution >= 0.6 is 0 Å². The summed E-state index contributed by atoms with van der Waals surface area (Å²) in [7, 11) is 1.60. The summed E-state index contributed by atoms with van der Waals surface area (Å²) in [6, 6.07) is 7.74. The van der Waals surface area contributed by atoms with E-state index in [1.807, 2.05) is 31.2 Å². The summed E-state index contributed by atoms with van der Waals surface area (Å²) in [4.78, 5) is 16.5. The average Bonchev–Trinajstić information content (AvgIpc) is 2.56. The molecular formula is C18H27N5O2. The number of hydrogen-bond donors (Lipinski definition) is 4. The molecule has 7 heteroatoms. The van der Waals surface area contributed by atoms with Crippen molar-refractivity contribution in [1.29, 1.82) is 0 Å². The van der Waals surface area contributed by atoms with Gasteiger partial charge < -0.3 is 26.8 Å². The molecule has 0 saturated carbocycles. The minimum absolute atomic E-state index is 0.180. The van der Waals surface area contributed by atoms with Crippen LogP contribution < -0.4 is 22.1 Å². The van der Waals surface area contributed by atoms with Gasteiger partial charge in [0.2, 0.25) is 5.91 Å². The first-order chi connectivity index (χ1) is 11.8. The monoisotopic (exact) mass is 345 g/mol. The Morgan fingerprint density at radius 1 is 1.52 bits per heavy atom. The van der Waals surface area contributed by atoms with Crippen LogP contribution in [0.4, 0.5) is 5.69 Å². The fourth-order valence-electron chi connectivity index (χ4n) is 2.59. The number of benzene rings is 1. The van der Waals surface area contributed by atoms with Gasteiger partial charge in [0.15, 0.2) is 0 Å². The second kappa shape index (κ2) is 8.13. The number of methoxy groups -OCH3 is 1. The van der Waals surface area contributed by atoms with Gasteiger partial charge in [-0.1, -0.05) is 18.2 Å². The highest BCUT2D eigenvalue weighted by molar-refractivity contribution is 5.97. The van der Waals surface area contributed by atoms with E-state index in [2.05, 4.69) is 15.6 Å². The van der Waals surface area contributed by atoms with Gasteiger partial charge in [-0.15, -0.1) is 0 Å². The van der Waals surface area contributed by atoms with Gasteiger partial charge in [-0.25, -0.2) is 0 Å². The number of hydrogen-bond acceptors (Lipinski definition) is 5. The van der Waals surface area contributed by atoms with Gasteiger partial charge in [0, 0.05) is 18.8 Å². The van der Waals surface area contributed by atoms with Crippen molar-refractivity contribution in [2.45, 2.75) is 26.1 Å². The Labute approximate surface area is 148 Å². The van der Waals surface area contributed by atoms with Crippen molar-refractivity contribution in [3.63, 3.8) is 0 Å². The summed E-state index contributed by atoms with van der Waals surface area (Å²) in [5, 5.41) is 6.58. The third-order valence-corrected chi connectivity index (χ3v) is 4.22. The molecule has 1 heterocycles. The fourth-order valence-corrected chi connectivity index (χ4v) is 2.59. The lowest BCUT2D eigenvalue weighted by atomic mass is 9.83. The topological polar surface area (TPSA) is 115 Å². The van der Waals surface area contributed by atoms with Crippen LogP contribution in [0.1, 0.15) is 12.5 Å². The first-order valence-electron chi connectivity index (χ1n) is 8.23. The number of nitrogens with one attached hydrogen (secondary N) is 2. The van der Waals surface area contributed by atoms with Crippen LogP contribution in [-0.4, -0.2) is 44.2 Å². The zero-order valence-electron chi connectivity index (χ0n) is 15.0. The Balaban J connectivity index is 2.20. The Morgan fingerprint density at radius 2 is 2.28 bits per heavy atom. The van der Waals surface area contributed by atoms with Crippen LogP contribution in [0.25, 0.3) is 0 Å². The molecule has 1 aliphatic rings. The number of rotatable bonds is 7. The number of primary amides is 1. The maximum Gasteiger partial charge on any atom is 0.231 e. The molecule has 136 valence electrons. The van der Waals surface area contributed by atoms with Crippen molar-refractivity contribution in [3.05, 3.63) is 42.0 Å². The van der Waals surface area contributed by atoms with Gasteiger partial charge >= 0.3 is 0 Å². The van der Waals surface area contributed by atoms with E-state index in [1.54, 1.807) is 26.2 Å². The molecule has 1 aromatic rings. The first-order valence-corrected chi connectivity index (χ1v) is 8.23. The first kappa shape index (κ1) is 19.0. The maximum atomic E-state index is 12.0. The standard InChI is InChI=1S/C18H27N5O2/c1-12-5-4-6-14(9-12)22-17-18(2,16(20)24)8-7-15(23-17)21-10-13(19)11-25-3/h4-9,13,17,22H,10-11,19H2,1-3H3,(H2,20,24)(H,21,23)/t13-,17?,18?/m1/s1. The lowest BCUT2D eigenvalue weighted by molar-refractivity contribution is -0.125. The molecule has 0 aromatic heterocycles. The summed E-state index contributed by atoms with van der Waals surface area (Å²) in [5.74, 6) is 0.229. The number of aliphatic imine (C=N–C) groups is 1. The zero-order valence-corrected chi connectivity index (χ0v) is 15.0. The predicted octanol–water partition coefficient (Wildman–Crippen LogP) is 0.756. The highest BCUT2D eigenvalue weighted by Gasteiger charge is 2.40. The van der Waals surface area contributed by atoms with E-state index in [0.29, 0.717) is 19.0 Å². The maximum absolute atomic E-state index is 12.0. The molecule has 25 heavy (non-hydrogen) atoms. The average molecular weight is 345 g/mol. The molecule has 2 unspecified atom stereocenters. The molecule has 1 aromatic carbocycles. The SMILES string of the molecule is COC[C@H](N)CN=C1C=CC(C)(C(N)=O)C(Nc2cccc(C)c2)N1. The van der Waals surface area contributed by atoms with E-state index in [9.17, 15) is 4.79 Å². The lowest BCUT2D eigenvalue weighted by Gasteiger charge is -2.37. The molecule has 0 bridgehead atoms.